The Labute approximate surface area is 149 Å². The quantitative estimate of drug-likeness (QED) is 0.612. The van der Waals surface area contributed by atoms with Crippen molar-refractivity contribution in [3.05, 3.63) is 48.3 Å². The van der Waals surface area contributed by atoms with Crippen LogP contribution in [-0.4, -0.2) is 25.6 Å². The Morgan fingerprint density at radius 1 is 1.15 bits per heavy atom. The van der Waals surface area contributed by atoms with Crippen LogP contribution in [0.4, 0.5) is 5.69 Å². The summed E-state index contributed by atoms with van der Waals surface area (Å²) in [6.07, 6.45) is 1.77. The van der Waals surface area contributed by atoms with Gasteiger partial charge in [-0.2, -0.15) is 4.98 Å². The van der Waals surface area contributed by atoms with Gasteiger partial charge in [-0.3, -0.25) is 4.79 Å². The summed E-state index contributed by atoms with van der Waals surface area (Å²) in [4.78, 5) is 20.2. The highest BCUT2D eigenvalue weighted by Gasteiger charge is 2.13. The van der Waals surface area contributed by atoms with Crippen molar-refractivity contribution in [3.8, 4) is 22.8 Å². The molecule has 2 heterocycles. The Kier molecular flexibility index (Phi) is 3.76. The highest BCUT2D eigenvalue weighted by molar-refractivity contribution is 5.90. The van der Waals surface area contributed by atoms with Crippen molar-refractivity contribution < 1.29 is 9.32 Å². The predicted octanol–water partition coefficient (Wildman–Crippen LogP) is 3.56. The molecule has 0 radical (unpaired) electrons. The first kappa shape index (κ1) is 16.0. The molecule has 2 aromatic heterocycles. The van der Waals surface area contributed by atoms with Crippen molar-refractivity contribution in [1.82, 2.24) is 19.7 Å². The molecule has 0 aliphatic heterocycles. The first-order valence-corrected chi connectivity index (χ1v) is 8.15. The van der Waals surface area contributed by atoms with E-state index >= 15 is 0 Å². The average Bonchev–Trinajstić information content (AvgIpc) is 3.24. The molecule has 0 aliphatic carbocycles. The molecule has 7 nitrogen and oxygen atoms in total. The fourth-order valence-corrected chi connectivity index (χ4v) is 2.81. The lowest BCUT2D eigenvalue weighted by Crippen LogP contribution is -2.07. The standard InChI is InChI=1S/C19H17N5O2/c1-11-4-5-14(9-15(11)21-12(2)25)19-22-18(23-26-19)13-6-7-17-16(8-13)20-10-24(17)3/h4-10H,1-3H3,(H,21,25). The van der Waals surface area contributed by atoms with Crippen LogP contribution in [0.15, 0.2) is 47.2 Å². The van der Waals surface area contributed by atoms with Gasteiger partial charge in [-0.15, -0.1) is 0 Å². The number of nitrogens with one attached hydrogen (secondary N) is 1. The zero-order chi connectivity index (χ0) is 18.3. The van der Waals surface area contributed by atoms with Crippen LogP contribution in [0.3, 0.4) is 0 Å². The molecule has 0 spiro atoms. The second-order valence-electron chi connectivity index (χ2n) is 6.19. The zero-order valence-electron chi connectivity index (χ0n) is 14.6. The monoisotopic (exact) mass is 347 g/mol. The lowest BCUT2D eigenvalue weighted by atomic mass is 10.1. The summed E-state index contributed by atoms with van der Waals surface area (Å²) in [5, 5.41) is 6.89. The van der Waals surface area contributed by atoms with Crippen LogP contribution < -0.4 is 5.32 Å². The molecular weight excluding hydrogens is 330 g/mol. The maximum atomic E-state index is 11.3. The highest BCUT2D eigenvalue weighted by Crippen LogP contribution is 2.27. The van der Waals surface area contributed by atoms with E-state index in [9.17, 15) is 4.79 Å². The molecular formula is C19H17N5O2. The largest absolute Gasteiger partial charge is 0.334 e. The summed E-state index contributed by atoms with van der Waals surface area (Å²) >= 11 is 0. The van der Waals surface area contributed by atoms with Crippen molar-refractivity contribution in [2.24, 2.45) is 7.05 Å². The first-order valence-electron chi connectivity index (χ1n) is 8.15. The number of aryl methyl sites for hydroxylation is 2. The number of hydrogen-bond donors (Lipinski definition) is 1. The number of imidazole rings is 1. The highest BCUT2D eigenvalue weighted by atomic mass is 16.5. The van der Waals surface area contributed by atoms with Crippen molar-refractivity contribution >= 4 is 22.6 Å². The Morgan fingerprint density at radius 3 is 2.77 bits per heavy atom. The number of benzene rings is 2. The lowest BCUT2D eigenvalue weighted by Gasteiger charge is -2.07. The van der Waals surface area contributed by atoms with Crippen LogP contribution >= 0.6 is 0 Å². The van der Waals surface area contributed by atoms with E-state index in [1.165, 1.54) is 6.92 Å². The van der Waals surface area contributed by atoms with Crippen LogP contribution in [0.1, 0.15) is 12.5 Å². The molecule has 7 heteroatoms. The number of rotatable bonds is 3. The molecule has 0 fully saturated rings. The minimum atomic E-state index is -0.125. The summed E-state index contributed by atoms with van der Waals surface area (Å²) in [6.45, 7) is 3.40. The third-order valence-electron chi connectivity index (χ3n) is 4.20. The van der Waals surface area contributed by atoms with Gasteiger partial charge in [-0.1, -0.05) is 11.2 Å². The number of amides is 1. The molecule has 4 rings (SSSR count). The number of fused-ring (bicyclic) bond motifs is 1. The Balaban J connectivity index is 1.70. The number of aromatic nitrogens is 4. The molecule has 2 aromatic carbocycles. The van der Waals surface area contributed by atoms with E-state index in [4.69, 9.17) is 4.52 Å². The number of hydrogen-bond acceptors (Lipinski definition) is 5. The van der Waals surface area contributed by atoms with Crippen molar-refractivity contribution in [3.63, 3.8) is 0 Å². The van der Waals surface area contributed by atoms with Gasteiger partial charge >= 0.3 is 0 Å². The molecule has 1 N–H and O–H groups in total. The third kappa shape index (κ3) is 2.83. The molecule has 0 saturated heterocycles. The summed E-state index contributed by atoms with van der Waals surface area (Å²) in [7, 11) is 1.95. The van der Waals surface area contributed by atoms with Gasteiger partial charge in [0.2, 0.25) is 11.7 Å². The smallest absolute Gasteiger partial charge is 0.258 e. The van der Waals surface area contributed by atoms with Gasteiger partial charge in [-0.05, 0) is 42.8 Å². The summed E-state index contributed by atoms with van der Waals surface area (Å²) in [6, 6.07) is 11.5. The topological polar surface area (TPSA) is 85.8 Å². The minimum absolute atomic E-state index is 0.125. The Bertz CT molecular complexity index is 1130. The normalized spacial score (nSPS) is 11.0. The van der Waals surface area contributed by atoms with E-state index in [-0.39, 0.29) is 5.91 Å². The lowest BCUT2D eigenvalue weighted by molar-refractivity contribution is -0.114. The molecule has 1 amide bonds. The van der Waals surface area contributed by atoms with Crippen molar-refractivity contribution in [2.45, 2.75) is 13.8 Å². The number of anilines is 1. The molecule has 0 bridgehead atoms. The fraction of sp³-hybridized carbons (Fsp3) is 0.158. The molecule has 26 heavy (non-hydrogen) atoms. The third-order valence-corrected chi connectivity index (χ3v) is 4.20. The van der Waals surface area contributed by atoms with Crippen LogP contribution in [0.25, 0.3) is 33.9 Å². The second kappa shape index (κ2) is 6.11. The van der Waals surface area contributed by atoms with Crippen LogP contribution in [-0.2, 0) is 11.8 Å². The van der Waals surface area contributed by atoms with Gasteiger partial charge in [0.05, 0.1) is 17.4 Å². The van der Waals surface area contributed by atoms with E-state index < -0.39 is 0 Å². The molecule has 130 valence electrons. The number of carbonyl (C=O) groups excluding carboxylic acids is 1. The molecule has 4 aromatic rings. The van der Waals surface area contributed by atoms with Gasteiger partial charge in [-0.25, -0.2) is 4.98 Å². The number of nitrogens with zero attached hydrogens (tertiary/aromatic N) is 4. The predicted molar refractivity (Wildman–Crippen MR) is 98.5 cm³/mol. The van der Waals surface area contributed by atoms with Crippen LogP contribution in [0.2, 0.25) is 0 Å². The zero-order valence-corrected chi connectivity index (χ0v) is 14.6. The van der Waals surface area contributed by atoms with Crippen LogP contribution in [0, 0.1) is 6.92 Å². The van der Waals surface area contributed by atoms with Gasteiger partial charge in [0.25, 0.3) is 5.89 Å². The van der Waals surface area contributed by atoms with E-state index in [1.54, 1.807) is 6.33 Å². The Hall–Kier alpha value is -3.48. The molecule has 0 unspecified atom stereocenters. The summed E-state index contributed by atoms with van der Waals surface area (Å²) < 4.78 is 7.38. The van der Waals surface area contributed by atoms with Gasteiger partial charge in [0, 0.05) is 30.8 Å². The summed E-state index contributed by atoms with van der Waals surface area (Å²) in [5.74, 6) is 0.766. The van der Waals surface area contributed by atoms with E-state index in [0.717, 1.165) is 33.4 Å². The Morgan fingerprint density at radius 2 is 1.96 bits per heavy atom. The van der Waals surface area contributed by atoms with Gasteiger partial charge < -0.3 is 14.4 Å². The SMILES string of the molecule is CC(=O)Nc1cc(-c2nc(-c3ccc4c(c3)ncn4C)no2)ccc1C. The van der Waals surface area contributed by atoms with Gasteiger partial charge in [0.15, 0.2) is 0 Å². The van der Waals surface area contributed by atoms with Crippen molar-refractivity contribution in [2.75, 3.05) is 5.32 Å². The van der Waals surface area contributed by atoms with Crippen molar-refractivity contribution in [1.29, 1.82) is 0 Å². The van der Waals surface area contributed by atoms with E-state index in [0.29, 0.717) is 11.7 Å². The van der Waals surface area contributed by atoms with Crippen LogP contribution in [0.5, 0.6) is 0 Å². The second-order valence-corrected chi connectivity index (χ2v) is 6.19. The fourth-order valence-electron chi connectivity index (χ4n) is 2.81. The summed E-state index contributed by atoms with van der Waals surface area (Å²) in [5.41, 5.74) is 5.18. The maximum absolute atomic E-state index is 11.3. The average molecular weight is 347 g/mol. The minimum Gasteiger partial charge on any atom is -0.334 e. The number of carbonyl (C=O) groups is 1. The molecule has 0 aliphatic rings. The van der Waals surface area contributed by atoms with E-state index in [1.807, 2.05) is 54.9 Å². The van der Waals surface area contributed by atoms with E-state index in [2.05, 4.69) is 20.4 Å². The molecule has 0 saturated carbocycles. The van der Waals surface area contributed by atoms with Gasteiger partial charge in [0.1, 0.15) is 0 Å². The molecule has 0 atom stereocenters. The maximum Gasteiger partial charge on any atom is 0.258 e. The first-order chi connectivity index (χ1) is 12.5.